The lowest BCUT2D eigenvalue weighted by atomic mass is 9.97. The van der Waals surface area contributed by atoms with Gasteiger partial charge < -0.3 is 4.74 Å². The zero-order valence-electron chi connectivity index (χ0n) is 13.3. The first kappa shape index (κ1) is 17.0. The van der Waals surface area contributed by atoms with Gasteiger partial charge >= 0.3 is 0 Å². The lowest BCUT2D eigenvalue weighted by molar-refractivity contribution is -0.118. The summed E-state index contributed by atoms with van der Waals surface area (Å²) in [5, 5.41) is 0. The highest BCUT2D eigenvalue weighted by molar-refractivity contribution is 5.83. The number of benzene rings is 2. The minimum absolute atomic E-state index is 0.0932. The van der Waals surface area contributed by atoms with Crippen molar-refractivity contribution in [1.29, 1.82) is 0 Å². The van der Waals surface area contributed by atoms with E-state index >= 15 is 0 Å². The summed E-state index contributed by atoms with van der Waals surface area (Å²) >= 11 is 0. The molecule has 2 heteroatoms. The zero-order chi connectivity index (χ0) is 15.7. The summed E-state index contributed by atoms with van der Waals surface area (Å²) < 4.78 is 5.74. The van der Waals surface area contributed by atoms with Crippen molar-refractivity contribution in [1.82, 2.24) is 0 Å². The molecule has 0 saturated heterocycles. The van der Waals surface area contributed by atoms with E-state index in [0.717, 1.165) is 17.1 Å². The molecule has 0 saturated carbocycles. The van der Waals surface area contributed by atoms with Gasteiger partial charge in [0, 0.05) is 5.92 Å². The van der Waals surface area contributed by atoms with Crippen molar-refractivity contribution < 1.29 is 9.53 Å². The van der Waals surface area contributed by atoms with Crippen LogP contribution in [0.2, 0.25) is 0 Å². The molecule has 2 nitrogen and oxygen atoms in total. The summed E-state index contributed by atoms with van der Waals surface area (Å²) in [7, 11) is 0. The minimum Gasteiger partial charge on any atom is -0.457 e. The van der Waals surface area contributed by atoms with Crippen LogP contribution in [0.3, 0.4) is 0 Å². The van der Waals surface area contributed by atoms with Crippen molar-refractivity contribution in [2.45, 2.75) is 40.0 Å². The van der Waals surface area contributed by atoms with Crippen molar-refractivity contribution in [2.24, 2.45) is 0 Å². The molecule has 2 aromatic carbocycles. The zero-order valence-corrected chi connectivity index (χ0v) is 13.3. The van der Waals surface area contributed by atoms with E-state index in [9.17, 15) is 4.79 Å². The largest absolute Gasteiger partial charge is 0.457 e. The smallest absolute Gasteiger partial charge is 0.136 e. The fourth-order valence-corrected chi connectivity index (χ4v) is 1.71. The number of rotatable bonds is 4. The van der Waals surface area contributed by atoms with Crippen molar-refractivity contribution in [3.63, 3.8) is 0 Å². The molecule has 0 N–H and O–H groups in total. The fraction of sp³-hybridized carbons (Fsp3) is 0.316. The first-order valence-electron chi connectivity index (χ1n) is 7.41. The summed E-state index contributed by atoms with van der Waals surface area (Å²) in [5.41, 5.74) is 0.982. The summed E-state index contributed by atoms with van der Waals surface area (Å²) in [6.45, 7) is 7.76. The second-order valence-corrected chi connectivity index (χ2v) is 5.03. The summed E-state index contributed by atoms with van der Waals surface area (Å²) in [4.78, 5) is 11.4. The Morgan fingerprint density at radius 3 is 2.14 bits per heavy atom. The standard InChI is InChI=1S/C16H16O2.C3H8/c1-12(13(2)17)14-7-6-10-16(11-14)18-15-8-4-3-5-9-15;1-3-2/h3-12H,1-2H3;3H2,1-2H3. The van der Waals surface area contributed by atoms with Crippen LogP contribution in [0.25, 0.3) is 0 Å². The second kappa shape index (κ2) is 8.96. The van der Waals surface area contributed by atoms with E-state index in [1.807, 2.05) is 61.5 Å². The third-order valence-corrected chi connectivity index (χ3v) is 2.95. The average molecular weight is 284 g/mol. The lowest BCUT2D eigenvalue weighted by Crippen LogP contribution is -2.03. The highest BCUT2D eigenvalue weighted by Crippen LogP contribution is 2.25. The van der Waals surface area contributed by atoms with Gasteiger partial charge in [-0.15, -0.1) is 0 Å². The molecule has 1 atom stereocenters. The van der Waals surface area contributed by atoms with Gasteiger partial charge in [0.25, 0.3) is 0 Å². The Balaban J connectivity index is 0.000000677. The molecule has 2 aromatic rings. The number of hydrogen-bond acceptors (Lipinski definition) is 2. The Hall–Kier alpha value is -2.09. The number of Topliss-reactive ketones (excluding diaryl/α,β-unsaturated/α-hetero) is 1. The molecule has 112 valence electrons. The maximum atomic E-state index is 11.4. The monoisotopic (exact) mass is 284 g/mol. The third-order valence-electron chi connectivity index (χ3n) is 2.95. The molecule has 0 amide bonds. The summed E-state index contributed by atoms with van der Waals surface area (Å²) in [5.74, 6) is 1.62. The topological polar surface area (TPSA) is 26.3 Å². The fourth-order valence-electron chi connectivity index (χ4n) is 1.71. The molecule has 0 aliphatic heterocycles. The van der Waals surface area contributed by atoms with Crippen molar-refractivity contribution in [2.75, 3.05) is 0 Å². The van der Waals surface area contributed by atoms with Crippen molar-refractivity contribution >= 4 is 5.78 Å². The molecule has 0 spiro atoms. The Morgan fingerprint density at radius 1 is 1.00 bits per heavy atom. The van der Waals surface area contributed by atoms with E-state index in [4.69, 9.17) is 4.74 Å². The highest BCUT2D eigenvalue weighted by atomic mass is 16.5. The molecule has 21 heavy (non-hydrogen) atoms. The number of hydrogen-bond donors (Lipinski definition) is 0. The van der Waals surface area contributed by atoms with Crippen LogP contribution in [-0.4, -0.2) is 5.78 Å². The van der Waals surface area contributed by atoms with Crippen LogP contribution in [0.5, 0.6) is 11.5 Å². The van der Waals surface area contributed by atoms with Crippen LogP contribution in [0, 0.1) is 0 Å². The molecule has 0 aliphatic rings. The summed E-state index contributed by atoms with van der Waals surface area (Å²) in [6.07, 6.45) is 1.25. The van der Waals surface area contributed by atoms with Crippen molar-refractivity contribution in [3.05, 3.63) is 60.2 Å². The number of carbonyl (C=O) groups excluding carboxylic acids is 1. The number of ether oxygens (including phenoxy) is 1. The molecular formula is C19H24O2. The molecule has 0 fully saturated rings. The Morgan fingerprint density at radius 2 is 1.57 bits per heavy atom. The molecule has 0 aromatic heterocycles. The third kappa shape index (κ3) is 5.82. The Bertz CT molecular complexity index is 547. The van der Waals surface area contributed by atoms with Gasteiger partial charge in [-0.3, -0.25) is 4.79 Å². The molecule has 0 radical (unpaired) electrons. The van der Waals surface area contributed by atoms with Gasteiger partial charge in [0.2, 0.25) is 0 Å². The lowest BCUT2D eigenvalue weighted by Gasteiger charge is -2.10. The average Bonchev–Trinajstić information content (AvgIpc) is 2.48. The number of ketones is 1. The SMILES string of the molecule is CC(=O)C(C)c1cccc(Oc2ccccc2)c1.CCC. The highest BCUT2D eigenvalue weighted by Gasteiger charge is 2.11. The number of para-hydroxylation sites is 1. The molecule has 0 aliphatic carbocycles. The predicted octanol–water partition coefficient (Wildman–Crippen LogP) is 5.59. The van der Waals surface area contributed by atoms with E-state index in [-0.39, 0.29) is 11.7 Å². The van der Waals surface area contributed by atoms with Crippen LogP contribution in [0.1, 0.15) is 45.6 Å². The first-order chi connectivity index (χ1) is 10.1. The van der Waals surface area contributed by atoms with Gasteiger partial charge in [0.1, 0.15) is 17.3 Å². The molecule has 2 rings (SSSR count). The van der Waals surface area contributed by atoms with Crippen LogP contribution >= 0.6 is 0 Å². The van der Waals surface area contributed by atoms with Gasteiger partial charge in [-0.1, -0.05) is 57.5 Å². The van der Waals surface area contributed by atoms with Crippen LogP contribution < -0.4 is 4.74 Å². The minimum atomic E-state index is -0.0932. The van der Waals surface area contributed by atoms with E-state index < -0.39 is 0 Å². The molecule has 0 heterocycles. The van der Waals surface area contributed by atoms with Gasteiger partial charge in [-0.25, -0.2) is 0 Å². The van der Waals surface area contributed by atoms with Gasteiger partial charge in [-0.2, -0.15) is 0 Å². The van der Waals surface area contributed by atoms with E-state index in [1.54, 1.807) is 6.92 Å². The second-order valence-electron chi connectivity index (χ2n) is 5.03. The van der Waals surface area contributed by atoms with Crippen LogP contribution in [0.4, 0.5) is 0 Å². The van der Waals surface area contributed by atoms with Gasteiger partial charge in [0.15, 0.2) is 0 Å². The number of carbonyl (C=O) groups is 1. The normalized spacial score (nSPS) is 11.0. The maximum absolute atomic E-state index is 11.4. The Kier molecular flexibility index (Phi) is 7.24. The maximum Gasteiger partial charge on any atom is 0.136 e. The Labute approximate surface area is 127 Å². The first-order valence-corrected chi connectivity index (χ1v) is 7.41. The quantitative estimate of drug-likeness (QED) is 0.731. The van der Waals surface area contributed by atoms with Crippen LogP contribution in [-0.2, 0) is 4.79 Å². The van der Waals surface area contributed by atoms with E-state index in [0.29, 0.717) is 0 Å². The van der Waals surface area contributed by atoms with Crippen molar-refractivity contribution in [3.8, 4) is 11.5 Å². The van der Waals surface area contributed by atoms with Gasteiger partial charge in [0.05, 0.1) is 0 Å². The van der Waals surface area contributed by atoms with E-state index in [1.165, 1.54) is 6.42 Å². The van der Waals surface area contributed by atoms with Crippen LogP contribution in [0.15, 0.2) is 54.6 Å². The molecule has 0 bridgehead atoms. The van der Waals surface area contributed by atoms with E-state index in [2.05, 4.69) is 13.8 Å². The molecular weight excluding hydrogens is 260 g/mol. The molecule has 1 unspecified atom stereocenters. The summed E-state index contributed by atoms with van der Waals surface area (Å²) in [6, 6.07) is 17.3. The predicted molar refractivity (Wildman–Crippen MR) is 88.0 cm³/mol. The van der Waals surface area contributed by atoms with Gasteiger partial charge in [-0.05, 0) is 36.8 Å².